The summed E-state index contributed by atoms with van der Waals surface area (Å²) < 4.78 is 40.9. The molecule has 0 saturated heterocycles. The zero-order valence-corrected chi connectivity index (χ0v) is 19.4. The van der Waals surface area contributed by atoms with Crippen molar-refractivity contribution in [1.82, 2.24) is 14.8 Å². The highest BCUT2D eigenvalue weighted by atomic mass is 35.5. The zero-order chi connectivity index (χ0) is 23.4. The van der Waals surface area contributed by atoms with E-state index in [1.807, 2.05) is 6.08 Å². The van der Waals surface area contributed by atoms with Crippen LogP contribution in [0.15, 0.2) is 65.0 Å². The molecule has 2 N–H and O–H groups in total. The third kappa shape index (κ3) is 5.13. The highest BCUT2D eigenvalue weighted by Gasteiger charge is 2.30. The van der Waals surface area contributed by atoms with Crippen LogP contribution in [0, 0.1) is 5.92 Å². The number of anilines is 1. The first kappa shape index (κ1) is 23.1. The second kappa shape index (κ2) is 9.82. The molecule has 0 aliphatic heterocycles. The van der Waals surface area contributed by atoms with Crippen LogP contribution in [0.2, 0.25) is 5.02 Å². The van der Waals surface area contributed by atoms with Gasteiger partial charge in [-0.15, -0.1) is 10.2 Å². The van der Waals surface area contributed by atoms with Crippen molar-refractivity contribution in [3.05, 3.63) is 71.2 Å². The van der Waals surface area contributed by atoms with Gasteiger partial charge in [-0.2, -0.15) is 0 Å². The van der Waals surface area contributed by atoms with Crippen LogP contribution in [0.5, 0.6) is 0 Å². The number of hydrogen-bond donors (Lipinski definition) is 2. The van der Waals surface area contributed by atoms with Gasteiger partial charge in [-0.1, -0.05) is 29.8 Å². The van der Waals surface area contributed by atoms with E-state index in [-0.39, 0.29) is 30.1 Å². The van der Waals surface area contributed by atoms with Gasteiger partial charge in [-0.05, 0) is 48.7 Å². The summed E-state index contributed by atoms with van der Waals surface area (Å²) in [5, 5.41) is 18.8. The van der Waals surface area contributed by atoms with Crippen molar-refractivity contribution in [3.8, 4) is 11.6 Å². The SMILES string of the molecule is COC1=C(n2c(NS(=O)(=O)CCc3ccc(Cl)cc3)nnc2-c2ccco2)C(CO)CC=C1. The number of benzene rings is 1. The van der Waals surface area contributed by atoms with Crippen LogP contribution in [0.4, 0.5) is 5.95 Å². The van der Waals surface area contributed by atoms with Crippen LogP contribution in [-0.4, -0.2) is 47.8 Å². The monoisotopic (exact) mass is 490 g/mol. The summed E-state index contributed by atoms with van der Waals surface area (Å²) in [6.07, 6.45) is 5.97. The van der Waals surface area contributed by atoms with Crippen LogP contribution in [-0.2, 0) is 21.2 Å². The van der Waals surface area contributed by atoms with Gasteiger partial charge in [0.2, 0.25) is 21.8 Å². The molecule has 0 spiro atoms. The highest BCUT2D eigenvalue weighted by Crippen LogP contribution is 2.35. The van der Waals surface area contributed by atoms with Gasteiger partial charge in [-0.25, -0.2) is 8.42 Å². The van der Waals surface area contributed by atoms with Crippen molar-refractivity contribution in [2.24, 2.45) is 5.92 Å². The lowest BCUT2D eigenvalue weighted by atomic mass is 9.96. The van der Waals surface area contributed by atoms with E-state index in [2.05, 4.69) is 14.9 Å². The fourth-order valence-corrected chi connectivity index (χ4v) is 4.74. The lowest BCUT2D eigenvalue weighted by molar-refractivity contribution is 0.244. The van der Waals surface area contributed by atoms with Crippen molar-refractivity contribution in [3.63, 3.8) is 0 Å². The van der Waals surface area contributed by atoms with Gasteiger partial charge in [0.05, 0.1) is 31.4 Å². The minimum atomic E-state index is -3.79. The van der Waals surface area contributed by atoms with Gasteiger partial charge < -0.3 is 14.3 Å². The van der Waals surface area contributed by atoms with Crippen LogP contribution >= 0.6 is 11.6 Å². The number of halogens is 1. The zero-order valence-electron chi connectivity index (χ0n) is 17.8. The fraction of sp³-hybridized carbons (Fsp3) is 0.273. The molecule has 1 atom stereocenters. The number of nitrogens with one attached hydrogen (secondary N) is 1. The van der Waals surface area contributed by atoms with Crippen molar-refractivity contribution in [2.45, 2.75) is 12.8 Å². The van der Waals surface area contributed by atoms with E-state index in [1.165, 1.54) is 17.9 Å². The van der Waals surface area contributed by atoms with Gasteiger partial charge in [0.15, 0.2) is 5.76 Å². The van der Waals surface area contributed by atoms with E-state index < -0.39 is 10.0 Å². The van der Waals surface area contributed by atoms with Crippen molar-refractivity contribution >= 4 is 33.3 Å². The van der Waals surface area contributed by atoms with E-state index >= 15 is 0 Å². The van der Waals surface area contributed by atoms with Crippen LogP contribution in [0.1, 0.15) is 12.0 Å². The third-order valence-corrected chi connectivity index (χ3v) is 6.72. The Morgan fingerprint density at radius 2 is 2.06 bits per heavy atom. The first-order valence-corrected chi connectivity index (χ1v) is 12.2. The predicted octanol–water partition coefficient (Wildman–Crippen LogP) is 3.56. The standard InChI is InChI=1S/C22H23ClN4O5S/c1-31-18-5-2-4-16(14-28)20(18)27-21(19-6-3-12-32-19)24-25-22(27)26-33(29,30)13-11-15-7-9-17(23)10-8-15/h2-3,5-10,12,16,28H,4,11,13-14H2,1H3,(H,25,26). The first-order valence-electron chi connectivity index (χ1n) is 10.2. The maximum absolute atomic E-state index is 12.9. The number of ether oxygens (including phenoxy) is 1. The largest absolute Gasteiger partial charge is 0.495 e. The first-order chi connectivity index (χ1) is 15.9. The Morgan fingerprint density at radius 1 is 1.27 bits per heavy atom. The molecule has 11 heteroatoms. The number of aliphatic hydroxyl groups excluding tert-OH is 1. The van der Waals surface area contributed by atoms with Crippen LogP contribution < -0.4 is 4.72 Å². The molecule has 4 rings (SSSR count). The van der Waals surface area contributed by atoms with Crippen LogP contribution in [0.3, 0.4) is 0 Å². The molecule has 0 saturated carbocycles. The van der Waals surface area contributed by atoms with Crippen molar-refractivity contribution in [2.75, 3.05) is 24.2 Å². The maximum atomic E-state index is 12.9. The average Bonchev–Trinajstić information content (AvgIpc) is 3.48. The number of aliphatic hydroxyl groups is 1. The number of aryl methyl sites for hydroxylation is 1. The van der Waals surface area contributed by atoms with E-state index in [0.717, 1.165) is 5.56 Å². The summed E-state index contributed by atoms with van der Waals surface area (Å²) in [5.74, 6) is 0.603. The second-order valence-electron chi connectivity index (χ2n) is 7.43. The molecular weight excluding hydrogens is 468 g/mol. The molecule has 1 aromatic carbocycles. The Labute approximate surface area is 196 Å². The maximum Gasteiger partial charge on any atom is 0.243 e. The Balaban J connectivity index is 1.71. The van der Waals surface area contributed by atoms with E-state index in [4.69, 9.17) is 20.8 Å². The molecule has 33 heavy (non-hydrogen) atoms. The molecule has 0 radical (unpaired) electrons. The summed E-state index contributed by atoms with van der Waals surface area (Å²) in [6, 6.07) is 10.4. The van der Waals surface area contributed by atoms with Gasteiger partial charge in [0.1, 0.15) is 5.76 Å². The van der Waals surface area contributed by atoms with E-state index in [1.54, 1.807) is 42.5 Å². The van der Waals surface area contributed by atoms with Gasteiger partial charge in [0, 0.05) is 10.9 Å². The molecule has 1 aliphatic carbocycles. The molecular formula is C22H23ClN4O5S. The average molecular weight is 491 g/mol. The summed E-state index contributed by atoms with van der Waals surface area (Å²) in [4.78, 5) is 0. The number of allylic oxidation sites excluding steroid dienone is 2. The number of nitrogens with zero attached hydrogens (tertiary/aromatic N) is 3. The van der Waals surface area contributed by atoms with Gasteiger partial charge in [0.25, 0.3) is 0 Å². The second-order valence-corrected chi connectivity index (χ2v) is 9.71. The summed E-state index contributed by atoms with van der Waals surface area (Å²) in [6.45, 7) is -0.176. The predicted molar refractivity (Wildman–Crippen MR) is 125 cm³/mol. The quantitative estimate of drug-likeness (QED) is 0.470. The van der Waals surface area contributed by atoms with Crippen molar-refractivity contribution < 1.29 is 22.7 Å². The minimum Gasteiger partial charge on any atom is -0.495 e. The summed E-state index contributed by atoms with van der Waals surface area (Å²) in [7, 11) is -2.28. The molecule has 9 nitrogen and oxygen atoms in total. The fourth-order valence-electron chi connectivity index (χ4n) is 3.60. The molecule has 1 aliphatic rings. The Kier molecular flexibility index (Phi) is 6.87. The van der Waals surface area contributed by atoms with Crippen LogP contribution in [0.25, 0.3) is 17.3 Å². The lowest BCUT2D eigenvalue weighted by Crippen LogP contribution is -2.24. The topological polar surface area (TPSA) is 119 Å². The number of aromatic nitrogens is 3. The molecule has 2 aromatic heterocycles. The van der Waals surface area contributed by atoms with Crippen molar-refractivity contribution in [1.29, 1.82) is 0 Å². The number of rotatable bonds is 9. The number of furan rings is 1. The Hall–Kier alpha value is -3.08. The third-order valence-electron chi connectivity index (χ3n) is 5.23. The Morgan fingerprint density at radius 3 is 2.73 bits per heavy atom. The van der Waals surface area contributed by atoms with E-state index in [9.17, 15) is 13.5 Å². The molecule has 3 aromatic rings. The number of methoxy groups -OCH3 is 1. The molecule has 0 bridgehead atoms. The molecule has 0 amide bonds. The minimum absolute atomic E-state index is 0.0178. The smallest absolute Gasteiger partial charge is 0.243 e. The molecule has 0 fully saturated rings. The Bertz CT molecular complexity index is 1260. The highest BCUT2D eigenvalue weighted by molar-refractivity contribution is 7.92. The van der Waals surface area contributed by atoms with Gasteiger partial charge in [-0.3, -0.25) is 9.29 Å². The lowest BCUT2D eigenvalue weighted by Gasteiger charge is -2.25. The number of hydrogen-bond acceptors (Lipinski definition) is 7. The summed E-state index contributed by atoms with van der Waals surface area (Å²) >= 11 is 5.90. The number of sulfonamides is 1. The van der Waals surface area contributed by atoms with E-state index in [0.29, 0.717) is 35.1 Å². The molecule has 2 heterocycles. The molecule has 1 unspecified atom stereocenters. The van der Waals surface area contributed by atoms with Gasteiger partial charge >= 0.3 is 0 Å². The normalized spacial score (nSPS) is 16.3. The molecule has 174 valence electrons. The summed E-state index contributed by atoms with van der Waals surface area (Å²) in [5.41, 5.74) is 1.37.